The van der Waals surface area contributed by atoms with Crippen LogP contribution in [0.15, 0.2) is 6.20 Å². The van der Waals surface area contributed by atoms with Crippen LogP contribution in [-0.4, -0.2) is 17.6 Å². The highest BCUT2D eigenvalue weighted by atomic mass is 127. The van der Waals surface area contributed by atoms with Crippen molar-refractivity contribution in [3.63, 3.8) is 0 Å². The van der Waals surface area contributed by atoms with Crippen molar-refractivity contribution in [2.75, 3.05) is 6.61 Å². The zero-order valence-electron chi connectivity index (χ0n) is 9.47. The number of pyridine rings is 1. The van der Waals surface area contributed by atoms with E-state index in [1.807, 2.05) is 22.6 Å². The second-order valence-electron chi connectivity index (χ2n) is 3.41. The second kappa shape index (κ2) is 6.23. The lowest BCUT2D eigenvalue weighted by atomic mass is 10.0. The first-order valence-corrected chi connectivity index (χ1v) is 6.12. The summed E-state index contributed by atoms with van der Waals surface area (Å²) in [4.78, 5) is 15.3. The molecule has 1 heterocycles. The molecule has 0 fully saturated rings. The summed E-state index contributed by atoms with van der Waals surface area (Å²) in [6.07, 6.45) is -1.39. The number of hydrogen-bond acceptors (Lipinski definition) is 3. The van der Waals surface area contributed by atoms with Crippen LogP contribution in [0.25, 0.3) is 0 Å². The van der Waals surface area contributed by atoms with Crippen LogP contribution in [0, 0.1) is 10.6 Å². The van der Waals surface area contributed by atoms with Crippen molar-refractivity contribution >= 4 is 28.6 Å². The standard InChI is InChI=1S/C11H12F2INO2/c1-3-17-8(16)4-7-9(10(12)13)6(2)5-15-11(7)14/h5,10H,3-4H2,1-2H3. The van der Waals surface area contributed by atoms with Gasteiger partial charge in [0.25, 0.3) is 6.43 Å². The average Bonchev–Trinajstić information content (AvgIpc) is 2.23. The Morgan fingerprint density at radius 2 is 2.24 bits per heavy atom. The molecule has 0 bridgehead atoms. The molecule has 0 aliphatic rings. The molecule has 0 aliphatic carbocycles. The van der Waals surface area contributed by atoms with Crippen LogP contribution in [-0.2, 0) is 16.0 Å². The Labute approximate surface area is 112 Å². The highest BCUT2D eigenvalue weighted by molar-refractivity contribution is 14.1. The van der Waals surface area contributed by atoms with Crippen LogP contribution in [0.1, 0.15) is 30.0 Å². The number of nitrogens with zero attached hydrogens (tertiary/aromatic N) is 1. The molecule has 1 aromatic heterocycles. The summed E-state index contributed by atoms with van der Waals surface area (Å²) in [5, 5.41) is 0. The maximum atomic E-state index is 12.9. The van der Waals surface area contributed by atoms with Crippen LogP contribution < -0.4 is 0 Å². The molecule has 1 aromatic rings. The van der Waals surface area contributed by atoms with Crippen LogP contribution in [0.4, 0.5) is 8.78 Å². The molecule has 1 rings (SSSR count). The van der Waals surface area contributed by atoms with Gasteiger partial charge in [0.1, 0.15) is 3.70 Å². The Hall–Kier alpha value is -0.790. The van der Waals surface area contributed by atoms with Gasteiger partial charge in [0.05, 0.1) is 13.0 Å². The minimum Gasteiger partial charge on any atom is -0.466 e. The maximum Gasteiger partial charge on any atom is 0.310 e. The molecule has 0 radical (unpaired) electrons. The first-order valence-electron chi connectivity index (χ1n) is 5.05. The number of halogens is 3. The van der Waals surface area contributed by atoms with E-state index in [1.54, 1.807) is 13.8 Å². The fourth-order valence-corrected chi connectivity index (χ4v) is 2.10. The summed E-state index contributed by atoms with van der Waals surface area (Å²) in [5.74, 6) is -0.514. The van der Waals surface area contributed by atoms with Crippen LogP contribution in [0.3, 0.4) is 0 Å². The average molecular weight is 355 g/mol. The summed E-state index contributed by atoms with van der Waals surface area (Å²) in [7, 11) is 0. The van der Waals surface area contributed by atoms with Gasteiger partial charge in [0, 0.05) is 17.3 Å². The van der Waals surface area contributed by atoms with Gasteiger partial charge >= 0.3 is 5.97 Å². The number of esters is 1. The van der Waals surface area contributed by atoms with E-state index in [9.17, 15) is 13.6 Å². The van der Waals surface area contributed by atoms with Gasteiger partial charge in [-0.25, -0.2) is 13.8 Å². The van der Waals surface area contributed by atoms with Gasteiger partial charge in [-0.05, 0) is 42.0 Å². The molecule has 0 aliphatic heterocycles. The van der Waals surface area contributed by atoms with Crippen molar-refractivity contribution in [3.05, 3.63) is 26.6 Å². The molecule has 0 spiro atoms. The minimum atomic E-state index is -2.61. The first-order chi connectivity index (χ1) is 7.97. The maximum absolute atomic E-state index is 12.9. The molecular formula is C11H12F2INO2. The van der Waals surface area contributed by atoms with E-state index in [1.165, 1.54) is 6.20 Å². The van der Waals surface area contributed by atoms with Crippen molar-refractivity contribution < 1.29 is 18.3 Å². The second-order valence-corrected chi connectivity index (χ2v) is 4.43. The molecule has 0 amide bonds. The Bertz CT molecular complexity index is 424. The largest absolute Gasteiger partial charge is 0.466 e. The Balaban J connectivity index is 3.12. The van der Waals surface area contributed by atoms with Crippen molar-refractivity contribution in [3.8, 4) is 0 Å². The molecule has 0 N–H and O–H groups in total. The van der Waals surface area contributed by atoms with Gasteiger partial charge < -0.3 is 4.74 Å². The van der Waals surface area contributed by atoms with Crippen molar-refractivity contribution in [2.45, 2.75) is 26.7 Å². The van der Waals surface area contributed by atoms with E-state index >= 15 is 0 Å². The van der Waals surface area contributed by atoms with E-state index in [4.69, 9.17) is 4.74 Å². The smallest absolute Gasteiger partial charge is 0.310 e. The van der Waals surface area contributed by atoms with Crippen molar-refractivity contribution in [1.82, 2.24) is 4.98 Å². The van der Waals surface area contributed by atoms with Crippen LogP contribution >= 0.6 is 22.6 Å². The summed E-state index contributed by atoms with van der Waals surface area (Å²) in [6.45, 7) is 3.46. The predicted molar refractivity (Wildman–Crippen MR) is 67.0 cm³/mol. The number of carbonyl (C=O) groups is 1. The zero-order chi connectivity index (χ0) is 13.0. The van der Waals surface area contributed by atoms with Crippen LogP contribution in [0.2, 0.25) is 0 Å². The zero-order valence-corrected chi connectivity index (χ0v) is 11.6. The predicted octanol–water partition coefficient (Wildman–Crippen LogP) is 3.04. The van der Waals surface area contributed by atoms with E-state index < -0.39 is 12.4 Å². The van der Waals surface area contributed by atoms with E-state index in [2.05, 4.69) is 4.98 Å². The molecule has 0 unspecified atom stereocenters. The SMILES string of the molecule is CCOC(=O)Cc1c(I)ncc(C)c1C(F)F. The van der Waals surface area contributed by atoms with Gasteiger partial charge in [0.15, 0.2) is 0 Å². The Morgan fingerprint density at radius 1 is 1.59 bits per heavy atom. The monoisotopic (exact) mass is 355 g/mol. The first kappa shape index (κ1) is 14.3. The summed E-state index contributed by atoms with van der Waals surface area (Å²) < 4.78 is 31.0. The molecule has 0 atom stereocenters. The van der Waals surface area contributed by atoms with Gasteiger partial charge in [-0.2, -0.15) is 0 Å². The highest BCUT2D eigenvalue weighted by Gasteiger charge is 2.21. The number of carbonyl (C=O) groups excluding carboxylic acids is 1. The third-order valence-electron chi connectivity index (χ3n) is 2.22. The number of rotatable bonds is 4. The van der Waals surface area contributed by atoms with Crippen LogP contribution in [0.5, 0.6) is 0 Å². The molecule has 0 aromatic carbocycles. The molecule has 0 saturated carbocycles. The fraction of sp³-hybridized carbons (Fsp3) is 0.455. The van der Waals surface area contributed by atoms with Crippen molar-refractivity contribution in [1.29, 1.82) is 0 Å². The van der Waals surface area contributed by atoms with Crippen molar-refractivity contribution in [2.24, 2.45) is 0 Å². The third kappa shape index (κ3) is 3.58. The number of alkyl halides is 2. The summed E-state index contributed by atoms with van der Waals surface area (Å²) >= 11 is 1.85. The van der Waals surface area contributed by atoms with Gasteiger partial charge in [-0.15, -0.1) is 0 Å². The molecule has 6 heteroatoms. The molecular weight excluding hydrogens is 343 g/mol. The number of aromatic nitrogens is 1. The Morgan fingerprint density at radius 3 is 2.76 bits per heavy atom. The third-order valence-corrected chi connectivity index (χ3v) is 3.14. The minimum absolute atomic E-state index is 0.113. The molecule has 94 valence electrons. The number of aryl methyl sites for hydroxylation is 1. The van der Waals surface area contributed by atoms with E-state index in [0.717, 1.165) is 0 Å². The lowest BCUT2D eigenvalue weighted by molar-refractivity contribution is -0.142. The summed E-state index contributed by atoms with van der Waals surface area (Å²) in [6, 6.07) is 0. The number of hydrogen-bond donors (Lipinski definition) is 0. The lowest BCUT2D eigenvalue weighted by Crippen LogP contribution is -2.12. The quantitative estimate of drug-likeness (QED) is 0.474. The fourth-order valence-electron chi connectivity index (χ4n) is 1.48. The lowest BCUT2D eigenvalue weighted by Gasteiger charge is -2.12. The molecule has 17 heavy (non-hydrogen) atoms. The van der Waals surface area contributed by atoms with Gasteiger partial charge in [-0.1, -0.05) is 0 Å². The normalized spacial score (nSPS) is 10.7. The molecule has 0 saturated heterocycles. The van der Waals surface area contributed by atoms with Gasteiger partial charge in [0.2, 0.25) is 0 Å². The van der Waals surface area contributed by atoms with E-state index in [0.29, 0.717) is 9.26 Å². The summed E-state index contributed by atoms with van der Waals surface area (Å²) in [5.41, 5.74) is 0.538. The number of ether oxygens (including phenoxy) is 1. The molecule has 3 nitrogen and oxygen atoms in total. The van der Waals surface area contributed by atoms with Gasteiger partial charge in [-0.3, -0.25) is 4.79 Å². The topological polar surface area (TPSA) is 39.2 Å². The highest BCUT2D eigenvalue weighted by Crippen LogP contribution is 2.29. The Kier molecular flexibility index (Phi) is 5.23. The van der Waals surface area contributed by atoms with E-state index in [-0.39, 0.29) is 24.2 Å².